The summed E-state index contributed by atoms with van der Waals surface area (Å²) in [6.07, 6.45) is -0.172. The molecule has 12 heavy (non-hydrogen) atoms. The van der Waals surface area contributed by atoms with Gasteiger partial charge in [-0.2, -0.15) is 0 Å². The number of esters is 1. The van der Waals surface area contributed by atoms with Crippen molar-refractivity contribution in [3.05, 3.63) is 11.3 Å². The van der Waals surface area contributed by atoms with Crippen LogP contribution in [-0.4, -0.2) is 24.0 Å². The topological polar surface area (TPSA) is 63.6 Å². The fourth-order valence-corrected chi connectivity index (χ4v) is 0.724. The molecular weight excluding hydrogens is 160 g/mol. The number of aliphatic hydroxyl groups is 1. The van der Waals surface area contributed by atoms with Crippen LogP contribution in [0.1, 0.15) is 20.3 Å². The van der Waals surface area contributed by atoms with Crippen LogP contribution in [0.15, 0.2) is 11.3 Å². The van der Waals surface area contributed by atoms with Crippen molar-refractivity contribution < 1.29 is 19.4 Å². The molecule has 0 rings (SSSR count). The molecule has 0 radical (unpaired) electrons. The quantitative estimate of drug-likeness (QED) is 0.391. The second kappa shape index (κ2) is 4.54. The van der Waals surface area contributed by atoms with Crippen LogP contribution in [-0.2, 0) is 14.3 Å². The first kappa shape index (κ1) is 10.7. The lowest BCUT2D eigenvalue weighted by Gasteiger charge is -2.02. The number of ketones is 1. The molecule has 0 heterocycles. The van der Waals surface area contributed by atoms with Gasteiger partial charge in [0.05, 0.1) is 19.3 Å². The largest absolute Gasteiger partial charge is 0.512 e. The highest BCUT2D eigenvalue weighted by Crippen LogP contribution is 2.08. The number of hydrogen-bond donors (Lipinski definition) is 1. The van der Waals surface area contributed by atoms with Crippen molar-refractivity contribution in [1.29, 1.82) is 0 Å². The van der Waals surface area contributed by atoms with Crippen LogP contribution < -0.4 is 0 Å². The van der Waals surface area contributed by atoms with Crippen molar-refractivity contribution >= 4 is 11.8 Å². The molecule has 68 valence electrons. The first-order valence-electron chi connectivity index (χ1n) is 3.45. The van der Waals surface area contributed by atoms with Gasteiger partial charge in [0.2, 0.25) is 0 Å². The Morgan fingerprint density at radius 3 is 2.08 bits per heavy atom. The Morgan fingerprint density at radius 1 is 1.33 bits per heavy atom. The molecule has 0 aliphatic carbocycles. The van der Waals surface area contributed by atoms with Crippen LogP contribution in [0, 0.1) is 0 Å². The molecule has 0 spiro atoms. The normalized spacial score (nSPS) is 11.9. The molecule has 0 aliphatic heterocycles. The maximum absolute atomic E-state index is 10.8. The minimum atomic E-state index is -0.534. The lowest BCUT2D eigenvalue weighted by molar-refractivity contribution is -0.140. The summed E-state index contributed by atoms with van der Waals surface area (Å²) >= 11 is 0. The predicted molar refractivity (Wildman–Crippen MR) is 42.6 cm³/mol. The molecular formula is C8H12O4. The lowest BCUT2D eigenvalue weighted by atomic mass is 10.1. The molecule has 0 amide bonds. The third kappa shape index (κ3) is 3.18. The third-order valence-corrected chi connectivity index (χ3v) is 1.41. The number of aliphatic hydroxyl groups excluding tert-OH is 1. The maximum atomic E-state index is 10.8. The average molecular weight is 172 g/mol. The average Bonchev–Trinajstić information content (AvgIpc) is 1.98. The Hall–Kier alpha value is -1.32. The summed E-state index contributed by atoms with van der Waals surface area (Å²) in [6.45, 7) is 2.65. The monoisotopic (exact) mass is 172 g/mol. The van der Waals surface area contributed by atoms with E-state index in [-0.39, 0.29) is 23.5 Å². The van der Waals surface area contributed by atoms with E-state index < -0.39 is 5.97 Å². The lowest BCUT2D eigenvalue weighted by Crippen LogP contribution is -2.08. The fourth-order valence-electron chi connectivity index (χ4n) is 0.724. The first-order valence-corrected chi connectivity index (χ1v) is 3.45. The number of hydrogen-bond acceptors (Lipinski definition) is 4. The number of rotatable bonds is 3. The maximum Gasteiger partial charge on any atom is 0.310 e. The van der Waals surface area contributed by atoms with Gasteiger partial charge in [-0.15, -0.1) is 0 Å². The van der Waals surface area contributed by atoms with Gasteiger partial charge in [-0.1, -0.05) is 0 Å². The first-order chi connectivity index (χ1) is 5.49. The molecule has 0 aromatic rings. The molecule has 0 aliphatic rings. The second-order valence-electron chi connectivity index (χ2n) is 2.37. The summed E-state index contributed by atoms with van der Waals surface area (Å²) in [4.78, 5) is 21.5. The van der Waals surface area contributed by atoms with Crippen LogP contribution in [0.5, 0.6) is 0 Å². The van der Waals surface area contributed by atoms with Gasteiger partial charge in [-0.05, 0) is 13.8 Å². The Bertz CT molecular complexity index is 223. The molecule has 0 saturated heterocycles. The predicted octanol–water partition coefficient (Wildman–Crippen LogP) is 0.970. The number of methoxy groups -OCH3 is 1. The van der Waals surface area contributed by atoms with Gasteiger partial charge in [0.1, 0.15) is 0 Å². The van der Waals surface area contributed by atoms with Crippen LogP contribution in [0.2, 0.25) is 0 Å². The summed E-state index contributed by atoms with van der Waals surface area (Å²) in [5.74, 6) is -0.984. The van der Waals surface area contributed by atoms with E-state index in [0.717, 1.165) is 0 Å². The molecule has 0 bridgehead atoms. The van der Waals surface area contributed by atoms with Crippen LogP contribution in [0.25, 0.3) is 0 Å². The van der Waals surface area contributed by atoms with Crippen LogP contribution >= 0.6 is 0 Å². The van der Waals surface area contributed by atoms with Gasteiger partial charge in [-0.25, -0.2) is 0 Å². The number of ether oxygens (including phenoxy) is 1. The Kier molecular flexibility index (Phi) is 4.04. The zero-order valence-corrected chi connectivity index (χ0v) is 7.38. The van der Waals surface area contributed by atoms with Gasteiger partial charge in [0.15, 0.2) is 5.78 Å². The molecule has 0 unspecified atom stereocenters. The van der Waals surface area contributed by atoms with Crippen LogP contribution in [0.4, 0.5) is 0 Å². The van der Waals surface area contributed by atoms with Gasteiger partial charge in [-0.3, -0.25) is 9.59 Å². The highest BCUT2D eigenvalue weighted by molar-refractivity contribution is 5.97. The molecule has 0 saturated carbocycles. The van der Waals surface area contributed by atoms with Crippen LogP contribution in [0.3, 0.4) is 0 Å². The number of carbonyl (C=O) groups excluding carboxylic acids is 2. The minimum absolute atomic E-state index is 0.0989. The fraction of sp³-hybridized carbons (Fsp3) is 0.500. The number of allylic oxidation sites excluding steroid dienone is 1. The SMILES string of the molecule is COC(=O)CC(C(C)=O)=C(C)O. The molecule has 4 nitrogen and oxygen atoms in total. The highest BCUT2D eigenvalue weighted by Gasteiger charge is 2.13. The summed E-state index contributed by atoms with van der Waals surface area (Å²) in [5.41, 5.74) is 0.0989. The Morgan fingerprint density at radius 2 is 1.83 bits per heavy atom. The number of carbonyl (C=O) groups is 2. The summed E-state index contributed by atoms with van der Waals surface area (Å²) in [6, 6.07) is 0. The van der Waals surface area contributed by atoms with Crippen molar-refractivity contribution in [2.24, 2.45) is 0 Å². The van der Waals surface area contributed by atoms with E-state index in [0.29, 0.717) is 0 Å². The van der Waals surface area contributed by atoms with Crippen molar-refractivity contribution in [3.8, 4) is 0 Å². The second-order valence-corrected chi connectivity index (χ2v) is 2.37. The van der Waals surface area contributed by atoms with Crippen molar-refractivity contribution in [2.45, 2.75) is 20.3 Å². The Labute approximate surface area is 70.8 Å². The summed E-state index contributed by atoms with van der Waals surface area (Å²) in [7, 11) is 1.23. The molecule has 4 heteroatoms. The van der Waals surface area contributed by atoms with E-state index in [1.165, 1.54) is 21.0 Å². The number of Topliss-reactive ketones (excluding diaryl/α,β-unsaturated/α-hetero) is 1. The van der Waals surface area contributed by atoms with E-state index in [1.54, 1.807) is 0 Å². The van der Waals surface area contributed by atoms with E-state index >= 15 is 0 Å². The van der Waals surface area contributed by atoms with Crippen molar-refractivity contribution in [3.63, 3.8) is 0 Å². The van der Waals surface area contributed by atoms with E-state index in [4.69, 9.17) is 5.11 Å². The van der Waals surface area contributed by atoms with Gasteiger partial charge in [0.25, 0.3) is 0 Å². The Balaban J connectivity index is 4.48. The summed E-state index contributed by atoms with van der Waals surface area (Å²) in [5, 5.41) is 8.98. The molecule has 0 aromatic carbocycles. The molecule has 0 fully saturated rings. The zero-order chi connectivity index (χ0) is 9.72. The summed E-state index contributed by atoms with van der Waals surface area (Å²) < 4.78 is 4.34. The molecule has 1 N–H and O–H groups in total. The van der Waals surface area contributed by atoms with E-state index in [2.05, 4.69) is 4.74 Å². The van der Waals surface area contributed by atoms with E-state index in [9.17, 15) is 9.59 Å². The highest BCUT2D eigenvalue weighted by atomic mass is 16.5. The molecule has 0 atom stereocenters. The van der Waals surface area contributed by atoms with Gasteiger partial charge < -0.3 is 9.84 Å². The van der Waals surface area contributed by atoms with E-state index in [1.807, 2.05) is 0 Å². The standard InChI is InChI=1S/C8H12O4/c1-5(9)7(6(2)10)4-8(11)12-3/h9H,4H2,1-3H3. The zero-order valence-electron chi connectivity index (χ0n) is 7.38. The smallest absolute Gasteiger partial charge is 0.310 e. The van der Waals surface area contributed by atoms with Gasteiger partial charge >= 0.3 is 5.97 Å². The molecule has 0 aromatic heterocycles. The van der Waals surface area contributed by atoms with Crippen molar-refractivity contribution in [2.75, 3.05) is 7.11 Å². The third-order valence-electron chi connectivity index (χ3n) is 1.41. The van der Waals surface area contributed by atoms with Gasteiger partial charge in [0, 0.05) is 5.57 Å². The minimum Gasteiger partial charge on any atom is -0.512 e. The van der Waals surface area contributed by atoms with Crippen molar-refractivity contribution in [1.82, 2.24) is 0 Å².